The second-order valence-electron chi connectivity index (χ2n) is 8.06. The number of nitrogens with zero attached hydrogens (tertiary/aromatic N) is 2. The molecule has 4 rings (SSSR count). The quantitative estimate of drug-likeness (QED) is 0.814. The summed E-state index contributed by atoms with van der Waals surface area (Å²) in [5.74, 6) is 1.65. The number of piperidine rings is 1. The highest BCUT2D eigenvalue weighted by Crippen LogP contribution is 2.45. The van der Waals surface area contributed by atoms with Gasteiger partial charge in [-0.2, -0.15) is 0 Å². The molecular weight excluding hydrogens is 328 g/mol. The number of rotatable bonds is 2. The van der Waals surface area contributed by atoms with Crippen LogP contribution in [0.2, 0.25) is 0 Å². The fraction of sp³-hybridized carbons (Fsp3) is 0.571. The van der Waals surface area contributed by atoms with E-state index in [9.17, 15) is 4.79 Å². The first-order chi connectivity index (χ1) is 12.5. The van der Waals surface area contributed by atoms with Crippen molar-refractivity contribution < 1.29 is 14.3 Å². The van der Waals surface area contributed by atoms with Crippen LogP contribution in [0, 0.1) is 0 Å². The van der Waals surface area contributed by atoms with E-state index in [-0.39, 0.29) is 11.4 Å². The number of ether oxygens (including phenoxy) is 2. The third kappa shape index (κ3) is 3.09. The summed E-state index contributed by atoms with van der Waals surface area (Å²) >= 11 is 0. The van der Waals surface area contributed by atoms with E-state index in [2.05, 4.69) is 31.7 Å². The topological polar surface area (TPSA) is 42.0 Å². The van der Waals surface area contributed by atoms with E-state index in [1.165, 1.54) is 24.8 Å². The van der Waals surface area contributed by atoms with Crippen LogP contribution in [-0.4, -0.2) is 49.2 Å². The van der Waals surface area contributed by atoms with Gasteiger partial charge in [0, 0.05) is 11.6 Å². The van der Waals surface area contributed by atoms with Crippen LogP contribution in [0.4, 0.5) is 5.69 Å². The highest BCUT2D eigenvalue weighted by Gasteiger charge is 2.37. The lowest BCUT2D eigenvalue weighted by Crippen LogP contribution is -2.52. The Hall–Kier alpha value is -2.01. The van der Waals surface area contributed by atoms with Gasteiger partial charge >= 0.3 is 0 Å². The van der Waals surface area contributed by atoms with E-state index in [1.54, 1.807) is 0 Å². The maximum atomic E-state index is 13.3. The van der Waals surface area contributed by atoms with Crippen LogP contribution >= 0.6 is 0 Å². The average molecular weight is 356 g/mol. The van der Waals surface area contributed by atoms with Crippen LogP contribution in [-0.2, 0) is 4.79 Å². The lowest BCUT2D eigenvalue weighted by Gasteiger charge is -2.43. The van der Waals surface area contributed by atoms with Gasteiger partial charge in [-0.1, -0.05) is 12.5 Å². The molecule has 3 aliphatic heterocycles. The third-order valence-corrected chi connectivity index (χ3v) is 5.53. The normalized spacial score (nSPS) is 21.8. The molecule has 1 aromatic rings. The van der Waals surface area contributed by atoms with E-state index in [0.29, 0.717) is 19.8 Å². The fourth-order valence-corrected chi connectivity index (χ4v) is 4.40. The molecule has 0 radical (unpaired) electrons. The monoisotopic (exact) mass is 356 g/mol. The van der Waals surface area contributed by atoms with Crippen molar-refractivity contribution in [1.82, 2.24) is 4.90 Å². The van der Waals surface area contributed by atoms with Crippen molar-refractivity contribution in [2.45, 2.75) is 45.6 Å². The van der Waals surface area contributed by atoms with Gasteiger partial charge in [-0.3, -0.25) is 9.69 Å². The second-order valence-corrected chi connectivity index (χ2v) is 8.06. The molecule has 5 heteroatoms. The van der Waals surface area contributed by atoms with Crippen molar-refractivity contribution in [3.05, 3.63) is 23.8 Å². The molecule has 0 aliphatic carbocycles. The number of benzene rings is 1. The van der Waals surface area contributed by atoms with Gasteiger partial charge in [0.05, 0.1) is 17.8 Å². The molecule has 0 atom stereocenters. The van der Waals surface area contributed by atoms with Crippen LogP contribution in [0.1, 0.15) is 45.6 Å². The molecule has 1 aromatic carbocycles. The Morgan fingerprint density at radius 3 is 2.42 bits per heavy atom. The number of amides is 1. The van der Waals surface area contributed by atoms with Crippen molar-refractivity contribution >= 4 is 17.2 Å². The molecule has 0 N–H and O–H groups in total. The van der Waals surface area contributed by atoms with Gasteiger partial charge in [0.2, 0.25) is 5.91 Å². The van der Waals surface area contributed by atoms with Gasteiger partial charge < -0.3 is 14.4 Å². The lowest BCUT2D eigenvalue weighted by atomic mass is 9.88. The summed E-state index contributed by atoms with van der Waals surface area (Å²) in [6.45, 7) is 9.93. The minimum atomic E-state index is -0.367. The van der Waals surface area contributed by atoms with E-state index >= 15 is 0 Å². The molecule has 3 aliphatic rings. The lowest BCUT2D eigenvalue weighted by molar-refractivity contribution is -0.120. The van der Waals surface area contributed by atoms with Gasteiger partial charge in [-0.15, -0.1) is 0 Å². The summed E-state index contributed by atoms with van der Waals surface area (Å²) in [6.07, 6.45) is 5.82. The van der Waals surface area contributed by atoms with Crippen molar-refractivity contribution in [3.8, 4) is 11.5 Å². The molecule has 1 fully saturated rings. The SMILES string of the molecule is CC1=CC(C)(C)N(C(=O)CN2CCCCC2)c2cc3c(cc21)OCCO3. The second kappa shape index (κ2) is 6.62. The van der Waals surface area contributed by atoms with Crippen LogP contribution in [0.25, 0.3) is 5.57 Å². The Morgan fingerprint density at radius 2 is 1.73 bits per heavy atom. The van der Waals surface area contributed by atoms with Gasteiger partial charge in [0.15, 0.2) is 11.5 Å². The summed E-state index contributed by atoms with van der Waals surface area (Å²) in [5.41, 5.74) is 2.79. The molecule has 0 unspecified atom stereocenters. The molecule has 140 valence electrons. The average Bonchev–Trinajstić information content (AvgIpc) is 2.60. The number of allylic oxidation sites excluding steroid dienone is 1. The molecule has 1 amide bonds. The van der Waals surface area contributed by atoms with Gasteiger partial charge in [-0.05, 0) is 58.3 Å². The number of hydrogen-bond donors (Lipinski definition) is 0. The first-order valence-corrected chi connectivity index (χ1v) is 9.64. The van der Waals surface area contributed by atoms with Crippen molar-refractivity contribution in [2.24, 2.45) is 0 Å². The highest BCUT2D eigenvalue weighted by atomic mass is 16.6. The molecule has 0 bridgehead atoms. The molecule has 1 saturated heterocycles. The molecule has 5 nitrogen and oxygen atoms in total. The molecule has 0 spiro atoms. The standard InChI is InChI=1S/C21H28N2O3/c1-15-13-21(2,3)23(20(24)14-22-7-5-4-6-8-22)17-12-19-18(11-16(15)17)25-9-10-26-19/h11-13H,4-10,14H2,1-3H3. The fourth-order valence-electron chi connectivity index (χ4n) is 4.40. The number of carbonyl (C=O) groups is 1. The first-order valence-electron chi connectivity index (χ1n) is 9.64. The van der Waals surface area contributed by atoms with Gasteiger partial charge in [0.1, 0.15) is 13.2 Å². The summed E-state index contributed by atoms with van der Waals surface area (Å²) in [6, 6.07) is 4.00. The minimum absolute atomic E-state index is 0.151. The Morgan fingerprint density at radius 1 is 1.08 bits per heavy atom. The Balaban J connectivity index is 1.70. The van der Waals surface area contributed by atoms with Crippen LogP contribution < -0.4 is 14.4 Å². The van der Waals surface area contributed by atoms with E-state index in [4.69, 9.17) is 9.47 Å². The van der Waals surface area contributed by atoms with E-state index in [1.807, 2.05) is 17.0 Å². The molecule has 0 aromatic heterocycles. The number of fused-ring (bicyclic) bond motifs is 2. The maximum Gasteiger partial charge on any atom is 0.241 e. The first kappa shape index (κ1) is 17.4. The summed E-state index contributed by atoms with van der Waals surface area (Å²) in [4.78, 5) is 17.5. The predicted octanol–water partition coefficient (Wildman–Crippen LogP) is 3.47. The third-order valence-electron chi connectivity index (χ3n) is 5.53. The largest absolute Gasteiger partial charge is 0.486 e. The molecule has 26 heavy (non-hydrogen) atoms. The van der Waals surface area contributed by atoms with Gasteiger partial charge in [-0.25, -0.2) is 0 Å². The summed E-state index contributed by atoms with van der Waals surface area (Å²) in [7, 11) is 0. The zero-order chi connectivity index (χ0) is 18.3. The van der Waals surface area contributed by atoms with Gasteiger partial charge in [0.25, 0.3) is 0 Å². The number of hydrogen-bond acceptors (Lipinski definition) is 4. The van der Waals surface area contributed by atoms with Crippen molar-refractivity contribution in [3.63, 3.8) is 0 Å². The maximum absolute atomic E-state index is 13.3. The summed E-state index contributed by atoms with van der Waals surface area (Å²) in [5, 5.41) is 0. The highest BCUT2D eigenvalue weighted by molar-refractivity contribution is 6.02. The Kier molecular flexibility index (Phi) is 4.43. The predicted molar refractivity (Wildman–Crippen MR) is 103 cm³/mol. The number of anilines is 1. The van der Waals surface area contributed by atoms with E-state index < -0.39 is 0 Å². The zero-order valence-corrected chi connectivity index (χ0v) is 16.0. The molecule has 0 saturated carbocycles. The van der Waals surface area contributed by atoms with Crippen molar-refractivity contribution in [2.75, 3.05) is 37.7 Å². The van der Waals surface area contributed by atoms with Crippen LogP contribution in [0.15, 0.2) is 18.2 Å². The van der Waals surface area contributed by atoms with Crippen molar-refractivity contribution in [1.29, 1.82) is 0 Å². The number of carbonyl (C=O) groups excluding carboxylic acids is 1. The Bertz CT molecular complexity index is 748. The van der Waals surface area contributed by atoms with E-state index in [0.717, 1.165) is 35.8 Å². The number of likely N-dealkylation sites (tertiary alicyclic amines) is 1. The molecular formula is C21H28N2O3. The summed E-state index contributed by atoms with van der Waals surface area (Å²) < 4.78 is 11.5. The van der Waals surface area contributed by atoms with Crippen LogP contribution in [0.5, 0.6) is 11.5 Å². The smallest absolute Gasteiger partial charge is 0.241 e. The zero-order valence-electron chi connectivity index (χ0n) is 16.0. The van der Waals surface area contributed by atoms with Crippen LogP contribution in [0.3, 0.4) is 0 Å². The minimum Gasteiger partial charge on any atom is -0.486 e. The molecule has 3 heterocycles. The Labute approximate surface area is 155 Å².